The van der Waals surface area contributed by atoms with E-state index in [0.29, 0.717) is 0 Å². The molecule has 0 aromatic carbocycles. The van der Waals surface area contributed by atoms with Crippen molar-refractivity contribution < 1.29 is 9.53 Å². The molecule has 2 heteroatoms. The standard InChI is InChI=1S/C9H18O2/c1-7(2)8(10)6-11-9(3,4)5/h7H,6H2,1-5H3. The molecule has 11 heavy (non-hydrogen) atoms. The Kier molecular flexibility index (Phi) is 3.73. The summed E-state index contributed by atoms with van der Waals surface area (Å²) < 4.78 is 5.30. The summed E-state index contributed by atoms with van der Waals surface area (Å²) in [7, 11) is 0. The molecule has 0 aliphatic rings. The molecule has 0 N–H and O–H groups in total. The monoisotopic (exact) mass is 158 g/mol. The zero-order valence-corrected chi connectivity index (χ0v) is 8.10. The first-order valence-electron chi connectivity index (χ1n) is 3.99. The first kappa shape index (κ1) is 10.6. The maximum absolute atomic E-state index is 11.1. The van der Waals surface area contributed by atoms with E-state index in [1.807, 2.05) is 34.6 Å². The maximum atomic E-state index is 11.1. The highest BCUT2D eigenvalue weighted by Gasteiger charge is 2.14. The van der Waals surface area contributed by atoms with Crippen LogP contribution in [0.3, 0.4) is 0 Å². The average Bonchev–Trinajstić information content (AvgIpc) is 1.80. The van der Waals surface area contributed by atoms with Gasteiger partial charge in [0.1, 0.15) is 6.61 Å². The van der Waals surface area contributed by atoms with Gasteiger partial charge in [-0.05, 0) is 20.8 Å². The summed E-state index contributed by atoms with van der Waals surface area (Å²) in [4.78, 5) is 11.1. The van der Waals surface area contributed by atoms with Crippen LogP contribution in [0.4, 0.5) is 0 Å². The molecular weight excluding hydrogens is 140 g/mol. The minimum atomic E-state index is -0.204. The predicted octanol–water partition coefficient (Wildman–Crippen LogP) is 2.03. The highest BCUT2D eigenvalue weighted by molar-refractivity contribution is 5.81. The number of Topliss-reactive ketones (excluding diaryl/α,β-unsaturated/α-hetero) is 1. The van der Waals surface area contributed by atoms with Crippen molar-refractivity contribution in [3.8, 4) is 0 Å². The quantitative estimate of drug-likeness (QED) is 0.628. The summed E-state index contributed by atoms with van der Waals surface area (Å²) in [5, 5.41) is 0. The van der Waals surface area contributed by atoms with Crippen molar-refractivity contribution in [2.75, 3.05) is 6.61 Å². The Morgan fingerprint density at radius 1 is 1.36 bits per heavy atom. The number of ether oxygens (including phenoxy) is 1. The molecule has 0 rings (SSSR count). The Morgan fingerprint density at radius 3 is 2.09 bits per heavy atom. The molecule has 0 heterocycles. The lowest BCUT2D eigenvalue weighted by Crippen LogP contribution is -2.25. The molecule has 0 radical (unpaired) electrons. The zero-order valence-electron chi connectivity index (χ0n) is 8.10. The van der Waals surface area contributed by atoms with Gasteiger partial charge in [-0.1, -0.05) is 13.8 Å². The van der Waals surface area contributed by atoms with Gasteiger partial charge in [0, 0.05) is 5.92 Å². The van der Waals surface area contributed by atoms with Crippen LogP contribution in [0, 0.1) is 5.92 Å². The molecule has 0 atom stereocenters. The number of carbonyl (C=O) groups is 1. The highest BCUT2D eigenvalue weighted by Crippen LogP contribution is 2.07. The third kappa shape index (κ3) is 6.05. The van der Waals surface area contributed by atoms with Gasteiger partial charge in [-0.2, -0.15) is 0 Å². The fourth-order valence-electron chi connectivity index (χ4n) is 0.454. The molecule has 0 amide bonds. The predicted molar refractivity (Wildman–Crippen MR) is 45.6 cm³/mol. The molecule has 0 saturated carbocycles. The van der Waals surface area contributed by atoms with Crippen molar-refractivity contribution in [1.82, 2.24) is 0 Å². The molecule has 0 fully saturated rings. The molecule has 0 spiro atoms. The van der Waals surface area contributed by atoms with Crippen molar-refractivity contribution >= 4 is 5.78 Å². The second-order valence-corrected chi connectivity index (χ2v) is 4.02. The van der Waals surface area contributed by atoms with E-state index in [0.717, 1.165) is 0 Å². The SMILES string of the molecule is CC(C)C(=O)COC(C)(C)C. The molecule has 0 unspecified atom stereocenters. The summed E-state index contributed by atoms with van der Waals surface area (Å²) in [6.07, 6.45) is 0. The lowest BCUT2D eigenvalue weighted by atomic mass is 10.1. The van der Waals surface area contributed by atoms with Crippen molar-refractivity contribution in [1.29, 1.82) is 0 Å². The Bertz CT molecular complexity index is 131. The van der Waals surface area contributed by atoms with Gasteiger partial charge in [-0.3, -0.25) is 4.79 Å². The molecule has 0 aliphatic carbocycles. The number of ketones is 1. The third-order valence-corrected chi connectivity index (χ3v) is 1.29. The Morgan fingerprint density at radius 2 is 1.82 bits per heavy atom. The third-order valence-electron chi connectivity index (χ3n) is 1.29. The van der Waals surface area contributed by atoms with Gasteiger partial charge in [0.15, 0.2) is 5.78 Å². The fourth-order valence-corrected chi connectivity index (χ4v) is 0.454. The summed E-state index contributed by atoms with van der Waals surface area (Å²) in [5.74, 6) is 0.247. The van der Waals surface area contributed by atoms with Crippen LogP contribution in [0.15, 0.2) is 0 Å². The van der Waals surface area contributed by atoms with Crippen LogP contribution in [-0.2, 0) is 9.53 Å². The molecule has 2 nitrogen and oxygen atoms in total. The van der Waals surface area contributed by atoms with Gasteiger partial charge in [0.05, 0.1) is 5.60 Å². The summed E-state index contributed by atoms with van der Waals surface area (Å²) in [6.45, 7) is 9.84. The van der Waals surface area contributed by atoms with Crippen LogP contribution in [0.25, 0.3) is 0 Å². The van der Waals surface area contributed by atoms with Gasteiger partial charge >= 0.3 is 0 Å². The van der Waals surface area contributed by atoms with Gasteiger partial charge in [-0.15, -0.1) is 0 Å². The van der Waals surface area contributed by atoms with E-state index in [1.165, 1.54) is 0 Å². The summed E-state index contributed by atoms with van der Waals surface area (Å²) in [5.41, 5.74) is -0.204. The molecule has 0 aliphatic heterocycles. The largest absolute Gasteiger partial charge is 0.368 e. The smallest absolute Gasteiger partial charge is 0.161 e. The number of rotatable bonds is 3. The Labute approximate surface area is 68.9 Å². The Balaban J connectivity index is 3.64. The second-order valence-electron chi connectivity index (χ2n) is 4.02. The van der Waals surface area contributed by atoms with E-state index < -0.39 is 0 Å². The molecular formula is C9H18O2. The molecule has 0 bridgehead atoms. The van der Waals surface area contributed by atoms with E-state index in [1.54, 1.807) is 0 Å². The summed E-state index contributed by atoms with van der Waals surface area (Å²) >= 11 is 0. The minimum Gasteiger partial charge on any atom is -0.368 e. The molecule has 0 saturated heterocycles. The number of carbonyl (C=O) groups excluding carboxylic acids is 1. The van der Waals surface area contributed by atoms with Crippen LogP contribution in [-0.4, -0.2) is 18.0 Å². The number of hydrogen-bond donors (Lipinski definition) is 0. The van der Waals surface area contributed by atoms with Crippen LogP contribution >= 0.6 is 0 Å². The van der Waals surface area contributed by atoms with Crippen molar-refractivity contribution in [3.63, 3.8) is 0 Å². The lowest BCUT2D eigenvalue weighted by Gasteiger charge is -2.19. The fraction of sp³-hybridized carbons (Fsp3) is 0.889. The molecule has 66 valence electrons. The van der Waals surface area contributed by atoms with Crippen molar-refractivity contribution in [3.05, 3.63) is 0 Å². The van der Waals surface area contributed by atoms with E-state index in [4.69, 9.17) is 4.74 Å². The normalized spacial score (nSPS) is 12.2. The van der Waals surface area contributed by atoms with Gasteiger partial charge in [0.2, 0.25) is 0 Å². The van der Waals surface area contributed by atoms with Crippen LogP contribution < -0.4 is 0 Å². The maximum Gasteiger partial charge on any atom is 0.161 e. The molecule has 0 aromatic rings. The molecule has 0 aromatic heterocycles. The lowest BCUT2D eigenvalue weighted by molar-refractivity contribution is -0.131. The van der Waals surface area contributed by atoms with Crippen molar-refractivity contribution in [2.24, 2.45) is 5.92 Å². The average molecular weight is 158 g/mol. The van der Waals surface area contributed by atoms with E-state index >= 15 is 0 Å². The number of hydrogen-bond acceptors (Lipinski definition) is 2. The first-order valence-corrected chi connectivity index (χ1v) is 3.99. The van der Waals surface area contributed by atoms with E-state index in [9.17, 15) is 4.79 Å². The first-order chi connectivity index (χ1) is 4.83. The topological polar surface area (TPSA) is 26.3 Å². The Hall–Kier alpha value is -0.370. The second kappa shape index (κ2) is 3.86. The van der Waals surface area contributed by atoms with Crippen molar-refractivity contribution in [2.45, 2.75) is 40.2 Å². The van der Waals surface area contributed by atoms with E-state index in [-0.39, 0.29) is 23.9 Å². The van der Waals surface area contributed by atoms with Gasteiger partial charge in [-0.25, -0.2) is 0 Å². The summed E-state index contributed by atoms with van der Waals surface area (Å²) in [6, 6.07) is 0. The minimum absolute atomic E-state index is 0.0809. The van der Waals surface area contributed by atoms with Gasteiger partial charge in [0.25, 0.3) is 0 Å². The van der Waals surface area contributed by atoms with E-state index in [2.05, 4.69) is 0 Å². The van der Waals surface area contributed by atoms with Crippen LogP contribution in [0.5, 0.6) is 0 Å². The van der Waals surface area contributed by atoms with Crippen LogP contribution in [0.1, 0.15) is 34.6 Å². The highest BCUT2D eigenvalue weighted by atomic mass is 16.5. The van der Waals surface area contributed by atoms with Crippen LogP contribution in [0.2, 0.25) is 0 Å². The van der Waals surface area contributed by atoms with Gasteiger partial charge < -0.3 is 4.74 Å². The zero-order chi connectivity index (χ0) is 9.07.